The second-order valence-corrected chi connectivity index (χ2v) is 1.90. The third-order valence-electron chi connectivity index (χ3n) is 0.449. The average molecular weight is 131 g/mol. The van der Waals surface area contributed by atoms with Gasteiger partial charge in [0.1, 0.15) is 0 Å². The molecule has 0 aromatic heterocycles. The van der Waals surface area contributed by atoms with Crippen molar-refractivity contribution in [2.45, 2.75) is 13.8 Å². The molecule has 0 atom stereocenters. The van der Waals surface area contributed by atoms with E-state index in [0.717, 1.165) is 5.71 Å². The number of nitrogens with two attached hydrogens (primary N) is 1. The van der Waals surface area contributed by atoms with Gasteiger partial charge in [0.15, 0.2) is 0 Å². The fourth-order valence-electron chi connectivity index (χ4n) is 0.235. The number of nitrogens with one attached hydrogen (secondary N) is 1. The quantitative estimate of drug-likeness (QED) is 0.214. The lowest BCUT2D eigenvalue weighted by molar-refractivity contribution is 1.03. The van der Waals surface area contributed by atoms with Crippen LogP contribution in [0.3, 0.4) is 0 Å². The van der Waals surface area contributed by atoms with E-state index in [1.165, 1.54) is 0 Å². The van der Waals surface area contributed by atoms with Crippen molar-refractivity contribution in [3.05, 3.63) is 0 Å². The van der Waals surface area contributed by atoms with Crippen LogP contribution in [0.4, 0.5) is 0 Å². The Labute approximate surface area is 53.9 Å². The summed E-state index contributed by atoms with van der Waals surface area (Å²) in [5.74, 6) is 4.92. The number of hydrogen-bond acceptors (Lipinski definition) is 2. The molecule has 0 bridgehead atoms. The molecule has 3 nitrogen and oxygen atoms in total. The zero-order valence-corrected chi connectivity index (χ0v) is 5.75. The first-order valence-corrected chi connectivity index (χ1v) is 2.60. The van der Waals surface area contributed by atoms with Gasteiger partial charge in [-0.25, -0.2) is 10.8 Å². The first-order valence-electron chi connectivity index (χ1n) is 2.19. The SMILES string of the molecule is CC(C)=NC(=S)NN. The van der Waals surface area contributed by atoms with Crippen LogP contribution in [0.25, 0.3) is 0 Å². The lowest BCUT2D eigenvalue weighted by Crippen LogP contribution is -2.27. The smallest absolute Gasteiger partial charge is 0.206 e. The fourth-order valence-corrected chi connectivity index (χ4v) is 0.418. The Hall–Kier alpha value is -0.480. The highest BCUT2D eigenvalue weighted by Gasteiger charge is 1.83. The topological polar surface area (TPSA) is 50.4 Å². The Kier molecular flexibility index (Phi) is 3.30. The van der Waals surface area contributed by atoms with E-state index in [-0.39, 0.29) is 0 Å². The molecular weight excluding hydrogens is 122 g/mol. The molecule has 0 saturated carbocycles. The molecule has 0 spiro atoms. The minimum atomic E-state index is 0.324. The standard InChI is InChI=1S/C4H9N3S/c1-3(2)6-4(8)7-5/h5H2,1-2H3,(H,7,8). The molecule has 0 radical (unpaired) electrons. The third-order valence-corrected chi connectivity index (χ3v) is 0.658. The number of nitrogens with zero attached hydrogens (tertiary/aromatic N) is 1. The molecule has 0 heterocycles. The van der Waals surface area contributed by atoms with Crippen LogP contribution in [0.2, 0.25) is 0 Å². The van der Waals surface area contributed by atoms with Crippen LogP contribution < -0.4 is 11.3 Å². The van der Waals surface area contributed by atoms with Gasteiger partial charge >= 0.3 is 0 Å². The molecule has 0 aliphatic rings. The molecule has 0 aromatic rings. The molecule has 4 heteroatoms. The largest absolute Gasteiger partial charge is 0.299 e. The van der Waals surface area contributed by atoms with Crippen LogP contribution in [0, 0.1) is 0 Å². The van der Waals surface area contributed by atoms with Crippen LogP contribution in [0.5, 0.6) is 0 Å². The highest BCUT2D eigenvalue weighted by atomic mass is 32.1. The molecule has 0 saturated heterocycles. The predicted molar refractivity (Wildman–Crippen MR) is 38.7 cm³/mol. The third kappa shape index (κ3) is 3.70. The van der Waals surface area contributed by atoms with Gasteiger partial charge in [0, 0.05) is 5.71 Å². The van der Waals surface area contributed by atoms with Gasteiger partial charge in [-0.05, 0) is 26.1 Å². The summed E-state index contributed by atoms with van der Waals surface area (Å²) in [7, 11) is 0. The number of thiocarbonyl (C=S) groups is 1. The molecular formula is C4H9N3S. The summed E-state index contributed by atoms with van der Waals surface area (Å²) in [4.78, 5) is 3.81. The number of rotatable bonds is 0. The van der Waals surface area contributed by atoms with Gasteiger partial charge in [0.2, 0.25) is 5.11 Å². The van der Waals surface area contributed by atoms with Crippen molar-refractivity contribution >= 4 is 23.0 Å². The second kappa shape index (κ2) is 3.51. The number of hydrazine groups is 1. The van der Waals surface area contributed by atoms with Gasteiger partial charge < -0.3 is 0 Å². The molecule has 0 aliphatic carbocycles. The number of aliphatic imine (C=N–C) groups is 1. The van der Waals surface area contributed by atoms with Gasteiger partial charge in [-0.2, -0.15) is 0 Å². The monoisotopic (exact) mass is 131 g/mol. The van der Waals surface area contributed by atoms with E-state index in [1.807, 2.05) is 13.8 Å². The zero-order chi connectivity index (χ0) is 6.57. The Morgan fingerprint density at radius 1 is 1.62 bits per heavy atom. The summed E-state index contributed by atoms with van der Waals surface area (Å²) < 4.78 is 0. The van der Waals surface area contributed by atoms with Crippen molar-refractivity contribution in [2.24, 2.45) is 10.8 Å². The molecule has 0 amide bonds. The predicted octanol–water partition coefficient (Wildman–Crippen LogP) is 0.215. The summed E-state index contributed by atoms with van der Waals surface area (Å²) >= 11 is 4.61. The second-order valence-electron chi connectivity index (χ2n) is 1.51. The molecule has 0 aromatic carbocycles. The normalized spacial score (nSPS) is 7.88. The molecule has 46 valence electrons. The first kappa shape index (κ1) is 7.52. The van der Waals surface area contributed by atoms with Crippen LogP contribution >= 0.6 is 12.2 Å². The van der Waals surface area contributed by atoms with Gasteiger partial charge in [0.25, 0.3) is 0 Å². The Balaban J connectivity index is 3.70. The van der Waals surface area contributed by atoms with E-state index in [1.54, 1.807) is 0 Å². The van der Waals surface area contributed by atoms with E-state index in [4.69, 9.17) is 5.84 Å². The highest BCUT2D eigenvalue weighted by molar-refractivity contribution is 7.80. The summed E-state index contributed by atoms with van der Waals surface area (Å²) in [6.07, 6.45) is 0. The first-order chi connectivity index (χ1) is 3.66. The summed E-state index contributed by atoms with van der Waals surface area (Å²) in [5.41, 5.74) is 3.14. The maximum atomic E-state index is 4.92. The minimum absolute atomic E-state index is 0.324. The van der Waals surface area contributed by atoms with E-state index < -0.39 is 0 Å². The van der Waals surface area contributed by atoms with Gasteiger partial charge in [-0.1, -0.05) is 0 Å². The summed E-state index contributed by atoms with van der Waals surface area (Å²) in [6.45, 7) is 3.70. The van der Waals surface area contributed by atoms with Crippen molar-refractivity contribution in [3.8, 4) is 0 Å². The van der Waals surface area contributed by atoms with E-state index in [0.29, 0.717) is 5.11 Å². The summed E-state index contributed by atoms with van der Waals surface area (Å²) in [5, 5.41) is 0.324. The zero-order valence-electron chi connectivity index (χ0n) is 4.93. The van der Waals surface area contributed by atoms with E-state index in [2.05, 4.69) is 22.6 Å². The van der Waals surface area contributed by atoms with Crippen LogP contribution in [-0.4, -0.2) is 10.8 Å². The van der Waals surface area contributed by atoms with Crippen LogP contribution in [-0.2, 0) is 0 Å². The maximum Gasteiger partial charge on any atom is 0.206 e. The maximum absolute atomic E-state index is 4.92. The van der Waals surface area contributed by atoms with Crippen LogP contribution in [0.15, 0.2) is 4.99 Å². The van der Waals surface area contributed by atoms with Crippen molar-refractivity contribution in [2.75, 3.05) is 0 Å². The Bertz CT molecular complexity index is 114. The van der Waals surface area contributed by atoms with Gasteiger partial charge in [-0.15, -0.1) is 0 Å². The van der Waals surface area contributed by atoms with Crippen molar-refractivity contribution in [1.29, 1.82) is 0 Å². The molecule has 0 rings (SSSR count). The summed E-state index contributed by atoms with van der Waals surface area (Å²) in [6, 6.07) is 0. The lowest BCUT2D eigenvalue weighted by Gasteiger charge is -1.92. The fraction of sp³-hybridized carbons (Fsp3) is 0.500. The highest BCUT2D eigenvalue weighted by Crippen LogP contribution is 1.75. The molecule has 3 N–H and O–H groups in total. The van der Waals surface area contributed by atoms with E-state index in [9.17, 15) is 0 Å². The van der Waals surface area contributed by atoms with Crippen molar-refractivity contribution < 1.29 is 0 Å². The number of hydrogen-bond donors (Lipinski definition) is 2. The molecule has 0 unspecified atom stereocenters. The van der Waals surface area contributed by atoms with Crippen LogP contribution in [0.1, 0.15) is 13.8 Å². The molecule has 8 heavy (non-hydrogen) atoms. The minimum Gasteiger partial charge on any atom is -0.299 e. The van der Waals surface area contributed by atoms with Gasteiger partial charge in [-0.3, -0.25) is 5.43 Å². The Morgan fingerprint density at radius 3 is 2.25 bits per heavy atom. The van der Waals surface area contributed by atoms with Crippen molar-refractivity contribution in [3.63, 3.8) is 0 Å². The Morgan fingerprint density at radius 2 is 2.12 bits per heavy atom. The average Bonchev–Trinajstić information content (AvgIpc) is 1.65. The lowest BCUT2D eigenvalue weighted by atomic mass is 10.5. The molecule has 0 aliphatic heterocycles. The van der Waals surface area contributed by atoms with Gasteiger partial charge in [0.05, 0.1) is 0 Å². The van der Waals surface area contributed by atoms with E-state index >= 15 is 0 Å². The molecule has 0 fully saturated rings. The van der Waals surface area contributed by atoms with Crippen molar-refractivity contribution in [1.82, 2.24) is 5.43 Å².